The highest BCUT2D eigenvalue weighted by Gasteiger charge is 2.30. The molecule has 1 aliphatic rings. The Labute approximate surface area is 153 Å². The number of carbonyl (C=O) groups is 1. The van der Waals surface area contributed by atoms with Crippen molar-refractivity contribution in [1.82, 2.24) is 20.1 Å². The molecule has 6 heteroatoms. The van der Waals surface area contributed by atoms with Crippen LogP contribution in [0.1, 0.15) is 56.8 Å². The molecule has 1 aromatic carbocycles. The molecule has 3 rings (SSSR count). The Kier molecular flexibility index (Phi) is 6.13. The number of carbonyl (C=O) groups excluding carboxylic acids is 1. The van der Waals surface area contributed by atoms with Gasteiger partial charge in [-0.15, -0.1) is 10.2 Å². The molecule has 134 valence electrons. The highest BCUT2D eigenvalue weighted by molar-refractivity contribution is 7.99. The topological polar surface area (TPSA) is 59.8 Å². The van der Waals surface area contributed by atoms with Crippen LogP contribution >= 0.6 is 11.8 Å². The van der Waals surface area contributed by atoms with Crippen LogP contribution in [0.15, 0.2) is 35.5 Å². The number of thioether (sulfide) groups is 1. The number of aromatic nitrogens is 3. The van der Waals surface area contributed by atoms with Crippen molar-refractivity contribution in [3.05, 3.63) is 41.7 Å². The monoisotopic (exact) mass is 358 g/mol. The molecule has 2 aromatic rings. The van der Waals surface area contributed by atoms with E-state index in [1.165, 1.54) is 30.2 Å². The van der Waals surface area contributed by atoms with Gasteiger partial charge in [-0.25, -0.2) is 0 Å². The Hall–Kier alpha value is -1.82. The first-order valence-electron chi connectivity index (χ1n) is 9.06. The van der Waals surface area contributed by atoms with E-state index in [0.717, 1.165) is 30.4 Å². The lowest BCUT2D eigenvalue weighted by Gasteiger charge is -2.13. The minimum atomic E-state index is 0.0631. The summed E-state index contributed by atoms with van der Waals surface area (Å²) in [6.07, 6.45) is 4.45. The summed E-state index contributed by atoms with van der Waals surface area (Å²) in [5, 5.41) is 12.6. The summed E-state index contributed by atoms with van der Waals surface area (Å²) in [6.45, 7) is 4.94. The van der Waals surface area contributed by atoms with Gasteiger partial charge in [0.25, 0.3) is 0 Å². The van der Waals surface area contributed by atoms with Crippen molar-refractivity contribution in [1.29, 1.82) is 0 Å². The second-order valence-corrected chi connectivity index (χ2v) is 7.68. The largest absolute Gasteiger partial charge is 0.353 e. The highest BCUT2D eigenvalue weighted by atomic mass is 32.2. The van der Waals surface area contributed by atoms with E-state index in [4.69, 9.17) is 0 Å². The van der Waals surface area contributed by atoms with Gasteiger partial charge in [-0.3, -0.25) is 4.79 Å². The first-order valence-corrected chi connectivity index (χ1v) is 10.0. The first kappa shape index (κ1) is 18.0. The lowest BCUT2D eigenvalue weighted by molar-refractivity contribution is -0.119. The van der Waals surface area contributed by atoms with Crippen molar-refractivity contribution < 1.29 is 4.79 Å². The number of hydrogen-bond donors (Lipinski definition) is 1. The van der Waals surface area contributed by atoms with Crippen molar-refractivity contribution >= 4 is 17.7 Å². The van der Waals surface area contributed by atoms with Gasteiger partial charge in [-0.1, -0.05) is 55.4 Å². The molecule has 0 radical (unpaired) electrons. The van der Waals surface area contributed by atoms with Crippen LogP contribution in [-0.4, -0.2) is 32.5 Å². The molecule has 1 amide bonds. The molecule has 0 bridgehead atoms. The lowest BCUT2D eigenvalue weighted by Crippen LogP contribution is -2.33. The van der Waals surface area contributed by atoms with E-state index in [9.17, 15) is 4.79 Å². The van der Waals surface area contributed by atoms with Crippen molar-refractivity contribution in [3.8, 4) is 0 Å². The van der Waals surface area contributed by atoms with E-state index >= 15 is 0 Å². The maximum absolute atomic E-state index is 12.1. The molecule has 25 heavy (non-hydrogen) atoms. The summed E-state index contributed by atoms with van der Waals surface area (Å²) in [7, 11) is 0. The van der Waals surface area contributed by atoms with Crippen LogP contribution in [0.2, 0.25) is 0 Å². The molecule has 1 aromatic heterocycles. The molecule has 1 N–H and O–H groups in total. The Bertz CT molecular complexity index is 697. The highest BCUT2D eigenvalue weighted by Crippen LogP contribution is 2.40. The fraction of sp³-hybridized carbons (Fsp3) is 0.526. The molecule has 1 aliphatic carbocycles. The standard InChI is InChI=1S/C19H26N4OS/c1-3-7-14(2)20-17(24)13-25-19-22-21-18(16-10-11-16)23(19)12-15-8-5-4-6-9-15/h4-6,8-9,14,16H,3,7,10-13H2,1-2H3,(H,20,24)/t14-/m0/s1. The summed E-state index contributed by atoms with van der Waals surface area (Å²) >= 11 is 1.48. The van der Waals surface area contributed by atoms with Gasteiger partial charge in [0.1, 0.15) is 5.82 Å². The van der Waals surface area contributed by atoms with Crippen LogP contribution in [0.4, 0.5) is 0 Å². The fourth-order valence-electron chi connectivity index (χ4n) is 2.92. The van der Waals surface area contributed by atoms with E-state index < -0.39 is 0 Å². The van der Waals surface area contributed by atoms with Crippen LogP contribution in [0, 0.1) is 0 Å². The van der Waals surface area contributed by atoms with Gasteiger partial charge in [0.05, 0.1) is 12.3 Å². The van der Waals surface area contributed by atoms with Gasteiger partial charge in [-0.05, 0) is 31.7 Å². The summed E-state index contributed by atoms with van der Waals surface area (Å²) < 4.78 is 2.18. The second-order valence-electron chi connectivity index (χ2n) is 6.73. The Morgan fingerprint density at radius 1 is 1.32 bits per heavy atom. The van der Waals surface area contributed by atoms with E-state index in [0.29, 0.717) is 11.7 Å². The van der Waals surface area contributed by atoms with Crippen LogP contribution in [0.3, 0.4) is 0 Å². The van der Waals surface area contributed by atoms with E-state index in [2.05, 4.69) is 46.1 Å². The van der Waals surface area contributed by atoms with Crippen LogP contribution < -0.4 is 5.32 Å². The van der Waals surface area contributed by atoms with Crippen molar-refractivity contribution in [2.24, 2.45) is 0 Å². The zero-order valence-corrected chi connectivity index (χ0v) is 15.8. The normalized spacial score (nSPS) is 15.1. The molecule has 1 atom stereocenters. The molecular weight excluding hydrogens is 332 g/mol. The van der Waals surface area contributed by atoms with Gasteiger partial charge in [0, 0.05) is 12.0 Å². The average Bonchev–Trinajstić information content (AvgIpc) is 3.36. The number of rotatable bonds is 9. The predicted octanol–water partition coefficient (Wildman–Crippen LogP) is 3.60. The fourth-order valence-corrected chi connectivity index (χ4v) is 3.67. The third kappa shape index (κ3) is 5.08. The molecule has 1 fully saturated rings. The van der Waals surface area contributed by atoms with E-state index in [-0.39, 0.29) is 11.9 Å². The number of benzene rings is 1. The van der Waals surface area contributed by atoms with Crippen molar-refractivity contribution in [2.45, 2.75) is 63.2 Å². The number of nitrogens with one attached hydrogen (secondary N) is 1. The number of hydrogen-bond acceptors (Lipinski definition) is 4. The van der Waals surface area contributed by atoms with Gasteiger partial charge in [0.2, 0.25) is 5.91 Å². The Morgan fingerprint density at radius 2 is 2.08 bits per heavy atom. The van der Waals surface area contributed by atoms with Gasteiger partial charge >= 0.3 is 0 Å². The minimum Gasteiger partial charge on any atom is -0.353 e. The van der Waals surface area contributed by atoms with Crippen LogP contribution in [0.25, 0.3) is 0 Å². The third-order valence-electron chi connectivity index (χ3n) is 4.33. The summed E-state index contributed by atoms with van der Waals surface area (Å²) in [4.78, 5) is 12.1. The quantitative estimate of drug-likeness (QED) is 0.696. The first-order chi connectivity index (χ1) is 12.2. The maximum atomic E-state index is 12.1. The molecule has 5 nitrogen and oxygen atoms in total. The van der Waals surface area contributed by atoms with Crippen LogP contribution in [0.5, 0.6) is 0 Å². The third-order valence-corrected chi connectivity index (χ3v) is 5.30. The lowest BCUT2D eigenvalue weighted by atomic mass is 10.2. The van der Waals surface area contributed by atoms with Crippen molar-refractivity contribution in [2.75, 3.05) is 5.75 Å². The summed E-state index contributed by atoms with van der Waals surface area (Å²) in [6, 6.07) is 10.6. The van der Waals surface area contributed by atoms with Gasteiger partial charge < -0.3 is 9.88 Å². The number of nitrogens with zero attached hydrogens (tertiary/aromatic N) is 3. The van der Waals surface area contributed by atoms with E-state index in [1.54, 1.807) is 0 Å². The molecule has 0 aliphatic heterocycles. The Morgan fingerprint density at radius 3 is 2.76 bits per heavy atom. The molecule has 1 saturated carbocycles. The second kappa shape index (κ2) is 8.52. The zero-order chi connectivity index (χ0) is 17.6. The van der Waals surface area contributed by atoms with Crippen molar-refractivity contribution in [3.63, 3.8) is 0 Å². The molecule has 0 saturated heterocycles. The maximum Gasteiger partial charge on any atom is 0.230 e. The summed E-state index contributed by atoms with van der Waals surface area (Å²) in [5.74, 6) is 2.04. The molecule has 1 heterocycles. The smallest absolute Gasteiger partial charge is 0.230 e. The van der Waals surface area contributed by atoms with Gasteiger partial charge in [0.15, 0.2) is 5.16 Å². The minimum absolute atomic E-state index is 0.0631. The summed E-state index contributed by atoms with van der Waals surface area (Å²) in [5.41, 5.74) is 1.23. The SMILES string of the molecule is CCC[C@H](C)NC(=O)CSc1nnc(C2CC2)n1Cc1ccccc1. The average molecular weight is 359 g/mol. The van der Waals surface area contributed by atoms with Crippen LogP contribution in [-0.2, 0) is 11.3 Å². The number of amides is 1. The van der Waals surface area contributed by atoms with Gasteiger partial charge in [-0.2, -0.15) is 0 Å². The zero-order valence-electron chi connectivity index (χ0n) is 14.9. The molecule has 0 unspecified atom stereocenters. The predicted molar refractivity (Wildman–Crippen MR) is 101 cm³/mol. The molecular formula is C19H26N4OS. The molecule has 0 spiro atoms. The van der Waals surface area contributed by atoms with E-state index in [1.807, 2.05) is 18.2 Å². The Balaban J connectivity index is 1.66.